The molecule has 2 N–H and O–H groups in total. The summed E-state index contributed by atoms with van der Waals surface area (Å²) in [5, 5.41) is 21.4. The van der Waals surface area contributed by atoms with E-state index in [9.17, 15) is 10.2 Å². The van der Waals surface area contributed by atoms with Gasteiger partial charge in [-0.25, -0.2) is 0 Å². The number of fused-ring (bicyclic) bond motifs is 1. The van der Waals surface area contributed by atoms with E-state index in [4.69, 9.17) is 28.4 Å². The lowest BCUT2D eigenvalue weighted by molar-refractivity contribution is -0.173. The highest BCUT2D eigenvalue weighted by atomic mass is 16.7. The van der Waals surface area contributed by atoms with Crippen molar-refractivity contribution >= 4 is 0 Å². The molecular formula is C22H26O8. The maximum Gasteiger partial charge on any atom is 0.161 e. The molecule has 2 aromatic rings. The van der Waals surface area contributed by atoms with Crippen molar-refractivity contribution in [2.24, 2.45) is 11.8 Å². The molecule has 4 rings (SSSR count). The van der Waals surface area contributed by atoms with Crippen molar-refractivity contribution in [3.05, 3.63) is 47.5 Å². The Morgan fingerprint density at radius 1 is 0.600 bits per heavy atom. The number of aliphatic hydroxyl groups is 2. The highest BCUT2D eigenvalue weighted by molar-refractivity contribution is 5.45. The second kappa shape index (κ2) is 8.31. The molecule has 2 saturated heterocycles. The maximum absolute atomic E-state index is 10.7. The number of hydrogen-bond donors (Lipinski definition) is 2. The average molecular weight is 418 g/mol. The topological polar surface area (TPSA) is 95.8 Å². The summed E-state index contributed by atoms with van der Waals surface area (Å²) in [6.45, 7) is 0. The molecule has 0 aromatic heterocycles. The van der Waals surface area contributed by atoms with Crippen molar-refractivity contribution in [1.29, 1.82) is 0 Å². The first-order chi connectivity index (χ1) is 14.5. The fourth-order valence-corrected chi connectivity index (χ4v) is 4.41. The summed E-state index contributed by atoms with van der Waals surface area (Å²) in [7, 11) is 6.22. The summed E-state index contributed by atoms with van der Waals surface area (Å²) in [4.78, 5) is 0. The Balaban J connectivity index is 1.66. The summed E-state index contributed by atoms with van der Waals surface area (Å²) >= 11 is 0. The first-order valence-corrected chi connectivity index (χ1v) is 9.63. The van der Waals surface area contributed by atoms with Gasteiger partial charge in [0, 0.05) is 0 Å². The van der Waals surface area contributed by atoms with Gasteiger partial charge in [0.15, 0.2) is 35.6 Å². The Bertz CT molecular complexity index is 827. The van der Waals surface area contributed by atoms with Crippen molar-refractivity contribution in [2.75, 3.05) is 28.4 Å². The predicted molar refractivity (Wildman–Crippen MR) is 106 cm³/mol. The lowest BCUT2D eigenvalue weighted by Crippen LogP contribution is -2.23. The molecule has 0 aliphatic carbocycles. The van der Waals surface area contributed by atoms with Gasteiger partial charge in [-0.1, -0.05) is 12.1 Å². The molecule has 0 bridgehead atoms. The smallest absolute Gasteiger partial charge is 0.161 e. The average Bonchev–Trinajstić information content (AvgIpc) is 3.30. The zero-order chi connectivity index (χ0) is 21.4. The molecule has 6 atom stereocenters. The van der Waals surface area contributed by atoms with E-state index >= 15 is 0 Å². The first-order valence-electron chi connectivity index (χ1n) is 9.63. The molecular weight excluding hydrogens is 392 g/mol. The third-order valence-electron chi connectivity index (χ3n) is 5.85. The third-order valence-corrected chi connectivity index (χ3v) is 5.85. The molecule has 2 aliphatic rings. The van der Waals surface area contributed by atoms with Crippen molar-refractivity contribution in [1.82, 2.24) is 0 Å². The van der Waals surface area contributed by atoms with E-state index in [-0.39, 0.29) is 0 Å². The van der Waals surface area contributed by atoms with E-state index in [1.165, 1.54) is 0 Å². The van der Waals surface area contributed by atoms with Crippen molar-refractivity contribution in [2.45, 2.75) is 24.8 Å². The van der Waals surface area contributed by atoms with Crippen LogP contribution in [0.15, 0.2) is 36.4 Å². The van der Waals surface area contributed by atoms with Crippen LogP contribution in [0, 0.1) is 11.8 Å². The zero-order valence-corrected chi connectivity index (χ0v) is 17.3. The molecule has 8 nitrogen and oxygen atoms in total. The molecule has 0 spiro atoms. The fraction of sp³-hybridized carbons (Fsp3) is 0.455. The van der Waals surface area contributed by atoms with Crippen LogP contribution in [0.3, 0.4) is 0 Å². The van der Waals surface area contributed by atoms with Gasteiger partial charge in [-0.05, 0) is 35.4 Å². The van der Waals surface area contributed by atoms with E-state index in [0.29, 0.717) is 23.0 Å². The summed E-state index contributed by atoms with van der Waals surface area (Å²) in [5.74, 6) is 1.33. The second-order valence-electron chi connectivity index (χ2n) is 7.28. The minimum atomic E-state index is -1.11. The molecule has 0 radical (unpaired) electrons. The highest BCUT2D eigenvalue weighted by Gasteiger charge is 2.57. The SMILES string of the molecule is COc1ccc([C@@H]2O[C@@H](O)[C@@H]3[C@H]2[C@H](O)O[C@H]3c2ccc(OC)c(OC)c2)cc1OC. The third kappa shape index (κ3) is 3.35. The number of benzene rings is 2. The molecule has 30 heavy (non-hydrogen) atoms. The number of rotatable bonds is 6. The monoisotopic (exact) mass is 418 g/mol. The van der Waals surface area contributed by atoms with Crippen LogP contribution >= 0.6 is 0 Å². The Kier molecular flexibility index (Phi) is 5.75. The summed E-state index contributed by atoms with van der Waals surface area (Å²) in [5.41, 5.74) is 1.52. The van der Waals surface area contributed by atoms with Gasteiger partial charge in [0.25, 0.3) is 0 Å². The van der Waals surface area contributed by atoms with Gasteiger partial charge in [0.2, 0.25) is 0 Å². The summed E-state index contributed by atoms with van der Waals surface area (Å²) in [6, 6.07) is 10.8. The van der Waals surface area contributed by atoms with Gasteiger partial charge in [0.1, 0.15) is 0 Å². The van der Waals surface area contributed by atoms with E-state index < -0.39 is 36.6 Å². The van der Waals surface area contributed by atoms with Crippen LogP contribution in [0.25, 0.3) is 0 Å². The number of hydrogen-bond acceptors (Lipinski definition) is 8. The van der Waals surface area contributed by atoms with Crippen LogP contribution in [0.2, 0.25) is 0 Å². The molecule has 162 valence electrons. The van der Waals surface area contributed by atoms with Gasteiger partial charge in [-0.15, -0.1) is 0 Å². The molecule has 2 aliphatic heterocycles. The van der Waals surface area contributed by atoms with Crippen LogP contribution < -0.4 is 18.9 Å². The Labute approximate surface area is 174 Å². The second-order valence-corrected chi connectivity index (χ2v) is 7.28. The van der Waals surface area contributed by atoms with Crippen LogP contribution in [-0.2, 0) is 9.47 Å². The Morgan fingerprint density at radius 3 is 1.30 bits per heavy atom. The predicted octanol–water partition coefficient (Wildman–Crippen LogP) is 2.43. The first kappa shape index (κ1) is 20.7. The van der Waals surface area contributed by atoms with Crippen LogP contribution in [0.5, 0.6) is 23.0 Å². The molecule has 2 aromatic carbocycles. The van der Waals surface area contributed by atoms with Crippen LogP contribution in [0.4, 0.5) is 0 Å². The van der Waals surface area contributed by atoms with E-state index in [2.05, 4.69) is 0 Å². The molecule has 2 heterocycles. The minimum Gasteiger partial charge on any atom is -0.493 e. The van der Waals surface area contributed by atoms with Crippen molar-refractivity contribution < 1.29 is 38.6 Å². The van der Waals surface area contributed by atoms with E-state index in [1.807, 2.05) is 12.1 Å². The molecule has 0 amide bonds. The van der Waals surface area contributed by atoms with Crippen molar-refractivity contribution in [3.8, 4) is 23.0 Å². The Hall–Kier alpha value is -2.52. The quantitative estimate of drug-likeness (QED) is 0.739. The van der Waals surface area contributed by atoms with E-state index in [0.717, 1.165) is 11.1 Å². The lowest BCUT2D eigenvalue weighted by atomic mass is 9.83. The zero-order valence-electron chi connectivity index (χ0n) is 17.3. The molecule has 8 heteroatoms. The maximum atomic E-state index is 10.7. The molecule has 0 saturated carbocycles. The highest BCUT2D eigenvalue weighted by Crippen LogP contribution is 2.55. The van der Waals surface area contributed by atoms with Gasteiger partial charge in [0.05, 0.1) is 52.5 Å². The van der Waals surface area contributed by atoms with Gasteiger partial charge < -0.3 is 38.6 Å². The number of ether oxygens (including phenoxy) is 6. The standard InChI is InChI=1S/C22H26O8/c1-25-13-7-5-11(9-15(13)27-3)19-17-18(22(24)29-19)20(30-21(17)23)12-6-8-14(26-2)16(10-12)28-4/h5-10,17-24H,1-4H3/t17-,18-,19+,20+,21-,22-/m1/s1. The van der Waals surface area contributed by atoms with Gasteiger partial charge in [-0.3, -0.25) is 0 Å². The molecule has 0 unspecified atom stereocenters. The molecule has 2 fully saturated rings. The summed E-state index contributed by atoms with van der Waals surface area (Å²) in [6.07, 6.45) is -3.35. The number of aliphatic hydroxyl groups excluding tert-OH is 2. The normalized spacial score (nSPS) is 30.1. The fourth-order valence-electron chi connectivity index (χ4n) is 4.41. The number of methoxy groups -OCH3 is 4. The van der Waals surface area contributed by atoms with Crippen molar-refractivity contribution in [3.63, 3.8) is 0 Å². The Morgan fingerprint density at radius 2 is 0.967 bits per heavy atom. The van der Waals surface area contributed by atoms with Crippen LogP contribution in [0.1, 0.15) is 23.3 Å². The van der Waals surface area contributed by atoms with Crippen LogP contribution in [-0.4, -0.2) is 51.2 Å². The van der Waals surface area contributed by atoms with Gasteiger partial charge in [-0.2, -0.15) is 0 Å². The summed E-state index contributed by atoms with van der Waals surface area (Å²) < 4.78 is 33.1. The lowest BCUT2D eigenvalue weighted by Gasteiger charge is -2.21. The largest absolute Gasteiger partial charge is 0.493 e. The van der Waals surface area contributed by atoms with E-state index in [1.54, 1.807) is 52.7 Å². The van der Waals surface area contributed by atoms with Gasteiger partial charge >= 0.3 is 0 Å². The minimum absolute atomic E-state index is 0.462.